The number of hydrogen-bond acceptors (Lipinski definition) is 4. The van der Waals surface area contributed by atoms with Crippen LogP contribution < -0.4 is 14.8 Å². The van der Waals surface area contributed by atoms with E-state index in [0.717, 1.165) is 12.1 Å². The Balaban J connectivity index is 1.70. The topological polar surface area (TPSA) is 67.9 Å². The number of anilines is 1. The predicted octanol–water partition coefficient (Wildman–Crippen LogP) is 3.42. The van der Waals surface area contributed by atoms with E-state index in [1.54, 1.807) is 18.2 Å². The van der Waals surface area contributed by atoms with Crippen LogP contribution in [0.1, 0.15) is 18.1 Å². The summed E-state index contributed by atoms with van der Waals surface area (Å²) in [6.45, 7) is 1.09. The van der Waals surface area contributed by atoms with Gasteiger partial charge in [-0.25, -0.2) is 0 Å². The molecule has 1 heterocycles. The molecule has 0 spiro atoms. The Labute approximate surface area is 158 Å². The summed E-state index contributed by atoms with van der Waals surface area (Å²) in [6, 6.07) is 9.77. The van der Waals surface area contributed by atoms with Crippen LogP contribution in [0.2, 0.25) is 0 Å². The SMILES string of the molecule is CC(=O)N(CC(=O)Nc1ccccc1C(F)(F)F)Cc1ccc2c(c1)OCO2. The smallest absolute Gasteiger partial charge is 0.418 e. The Bertz CT molecular complexity index is 899. The fourth-order valence-electron chi connectivity index (χ4n) is 2.74. The Morgan fingerprint density at radius 3 is 2.54 bits per heavy atom. The molecule has 0 saturated carbocycles. The lowest BCUT2D eigenvalue weighted by Crippen LogP contribution is -2.36. The zero-order valence-electron chi connectivity index (χ0n) is 14.9. The number of carbonyl (C=O) groups excluding carboxylic acids is 2. The molecular weight excluding hydrogens is 377 g/mol. The van der Waals surface area contributed by atoms with Crippen LogP contribution in [0.15, 0.2) is 42.5 Å². The number of benzene rings is 2. The standard InChI is InChI=1S/C19H17F3N2O4/c1-12(25)24(9-13-6-7-16-17(8-13)28-11-27-16)10-18(26)23-15-5-3-2-4-14(15)19(20,21)22/h2-8H,9-11H2,1H3,(H,23,26). The second kappa shape index (κ2) is 7.79. The maximum atomic E-state index is 13.0. The van der Waals surface area contributed by atoms with Gasteiger partial charge in [0.05, 0.1) is 11.3 Å². The van der Waals surface area contributed by atoms with Crippen molar-refractivity contribution in [2.45, 2.75) is 19.6 Å². The van der Waals surface area contributed by atoms with E-state index < -0.39 is 30.1 Å². The number of hydrogen-bond donors (Lipinski definition) is 1. The molecule has 0 bridgehead atoms. The Morgan fingerprint density at radius 2 is 1.82 bits per heavy atom. The molecular formula is C19H17F3N2O4. The highest BCUT2D eigenvalue weighted by molar-refractivity contribution is 5.95. The highest BCUT2D eigenvalue weighted by Gasteiger charge is 2.33. The minimum absolute atomic E-state index is 0.0975. The third kappa shape index (κ3) is 4.54. The molecule has 1 aliphatic rings. The highest BCUT2D eigenvalue weighted by Crippen LogP contribution is 2.35. The van der Waals surface area contributed by atoms with Gasteiger partial charge in [0.15, 0.2) is 11.5 Å². The Morgan fingerprint density at radius 1 is 1.11 bits per heavy atom. The average molecular weight is 394 g/mol. The molecule has 2 aromatic carbocycles. The van der Waals surface area contributed by atoms with Crippen molar-refractivity contribution in [3.63, 3.8) is 0 Å². The molecule has 2 amide bonds. The summed E-state index contributed by atoms with van der Waals surface area (Å²) in [7, 11) is 0. The summed E-state index contributed by atoms with van der Waals surface area (Å²) < 4.78 is 49.6. The van der Waals surface area contributed by atoms with E-state index in [4.69, 9.17) is 9.47 Å². The summed E-state index contributed by atoms with van der Waals surface area (Å²) in [5.41, 5.74) is -0.608. The van der Waals surface area contributed by atoms with Crippen LogP contribution >= 0.6 is 0 Å². The van der Waals surface area contributed by atoms with E-state index in [1.807, 2.05) is 0 Å². The molecule has 0 aromatic heterocycles. The number of fused-ring (bicyclic) bond motifs is 1. The monoisotopic (exact) mass is 394 g/mol. The van der Waals surface area contributed by atoms with Crippen molar-refractivity contribution in [2.24, 2.45) is 0 Å². The number of nitrogens with zero attached hydrogens (tertiary/aromatic N) is 1. The zero-order chi connectivity index (χ0) is 20.3. The molecule has 2 aromatic rings. The maximum absolute atomic E-state index is 13.0. The van der Waals surface area contributed by atoms with Crippen molar-refractivity contribution >= 4 is 17.5 Å². The van der Waals surface area contributed by atoms with Crippen molar-refractivity contribution in [2.75, 3.05) is 18.7 Å². The van der Waals surface area contributed by atoms with Crippen LogP contribution in [0, 0.1) is 0 Å². The number of carbonyl (C=O) groups is 2. The second-order valence-corrected chi connectivity index (χ2v) is 6.15. The first-order valence-electron chi connectivity index (χ1n) is 8.34. The van der Waals surface area contributed by atoms with Gasteiger partial charge in [-0.05, 0) is 29.8 Å². The van der Waals surface area contributed by atoms with Gasteiger partial charge in [0.1, 0.15) is 6.54 Å². The van der Waals surface area contributed by atoms with E-state index >= 15 is 0 Å². The quantitative estimate of drug-likeness (QED) is 0.844. The fraction of sp³-hybridized carbons (Fsp3) is 0.263. The van der Waals surface area contributed by atoms with Gasteiger partial charge >= 0.3 is 6.18 Å². The molecule has 0 atom stereocenters. The molecule has 3 rings (SSSR count). The van der Waals surface area contributed by atoms with Crippen LogP contribution in [-0.4, -0.2) is 30.1 Å². The summed E-state index contributed by atoms with van der Waals surface area (Å²) in [5.74, 6) is -0.00579. The van der Waals surface area contributed by atoms with E-state index in [-0.39, 0.29) is 19.0 Å². The first-order valence-corrected chi connectivity index (χ1v) is 8.34. The molecule has 1 N–H and O–H groups in total. The molecule has 0 saturated heterocycles. The highest BCUT2D eigenvalue weighted by atomic mass is 19.4. The number of para-hydroxylation sites is 1. The fourth-order valence-corrected chi connectivity index (χ4v) is 2.74. The average Bonchev–Trinajstić information content (AvgIpc) is 3.08. The van der Waals surface area contributed by atoms with Gasteiger partial charge in [0, 0.05) is 13.5 Å². The lowest BCUT2D eigenvalue weighted by Gasteiger charge is -2.21. The second-order valence-electron chi connectivity index (χ2n) is 6.15. The van der Waals surface area contributed by atoms with Crippen LogP contribution in [0.3, 0.4) is 0 Å². The molecule has 9 heteroatoms. The van der Waals surface area contributed by atoms with Gasteiger partial charge in [0.2, 0.25) is 18.6 Å². The zero-order valence-corrected chi connectivity index (χ0v) is 14.9. The molecule has 0 unspecified atom stereocenters. The largest absolute Gasteiger partial charge is 0.454 e. The first-order chi connectivity index (χ1) is 13.2. The van der Waals surface area contributed by atoms with E-state index in [9.17, 15) is 22.8 Å². The lowest BCUT2D eigenvalue weighted by atomic mass is 10.1. The molecule has 148 valence electrons. The lowest BCUT2D eigenvalue weighted by molar-refractivity contribution is -0.137. The van der Waals surface area contributed by atoms with Gasteiger partial charge in [-0.2, -0.15) is 13.2 Å². The molecule has 1 aliphatic heterocycles. The van der Waals surface area contributed by atoms with Gasteiger partial charge in [0.25, 0.3) is 0 Å². The Kier molecular flexibility index (Phi) is 5.43. The number of nitrogens with one attached hydrogen (secondary N) is 1. The molecule has 6 nitrogen and oxygen atoms in total. The molecule has 0 fully saturated rings. The summed E-state index contributed by atoms with van der Waals surface area (Å²) in [5, 5.41) is 2.23. The van der Waals surface area contributed by atoms with Crippen LogP contribution in [0.5, 0.6) is 11.5 Å². The van der Waals surface area contributed by atoms with Crippen molar-refractivity contribution in [3.8, 4) is 11.5 Å². The number of rotatable bonds is 5. The van der Waals surface area contributed by atoms with Crippen molar-refractivity contribution in [1.82, 2.24) is 4.90 Å². The normalized spacial score (nSPS) is 12.6. The van der Waals surface area contributed by atoms with Crippen molar-refractivity contribution in [3.05, 3.63) is 53.6 Å². The Hall–Kier alpha value is -3.23. The minimum atomic E-state index is -4.60. The maximum Gasteiger partial charge on any atom is 0.418 e. The molecule has 0 radical (unpaired) electrons. The molecule has 28 heavy (non-hydrogen) atoms. The van der Waals surface area contributed by atoms with E-state index in [0.29, 0.717) is 17.1 Å². The number of amides is 2. The van der Waals surface area contributed by atoms with Crippen LogP contribution in [0.25, 0.3) is 0 Å². The predicted molar refractivity (Wildman–Crippen MR) is 93.7 cm³/mol. The first kappa shape index (κ1) is 19.5. The number of alkyl halides is 3. The van der Waals surface area contributed by atoms with Crippen molar-refractivity contribution < 1.29 is 32.2 Å². The third-order valence-electron chi connectivity index (χ3n) is 4.10. The summed E-state index contributed by atoms with van der Waals surface area (Å²) in [4.78, 5) is 25.4. The molecule has 0 aliphatic carbocycles. The van der Waals surface area contributed by atoms with E-state index in [2.05, 4.69) is 5.32 Å². The van der Waals surface area contributed by atoms with Crippen molar-refractivity contribution in [1.29, 1.82) is 0 Å². The summed E-state index contributed by atoms with van der Waals surface area (Å²) >= 11 is 0. The third-order valence-corrected chi connectivity index (χ3v) is 4.10. The van der Waals surface area contributed by atoms with Gasteiger partial charge in [-0.15, -0.1) is 0 Å². The van der Waals surface area contributed by atoms with Gasteiger partial charge < -0.3 is 19.7 Å². The minimum Gasteiger partial charge on any atom is -0.454 e. The number of ether oxygens (including phenoxy) is 2. The number of halogens is 3. The van der Waals surface area contributed by atoms with Crippen LogP contribution in [-0.2, 0) is 22.3 Å². The van der Waals surface area contributed by atoms with Crippen LogP contribution in [0.4, 0.5) is 18.9 Å². The summed E-state index contributed by atoms with van der Waals surface area (Å²) in [6.07, 6.45) is -4.60. The van der Waals surface area contributed by atoms with Gasteiger partial charge in [-0.3, -0.25) is 9.59 Å². The van der Waals surface area contributed by atoms with E-state index in [1.165, 1.54) is 24.0 Å². The van der Waals surface area contributed by atoms with Gasteiger partial charge in [-0.1, -0.05) is 18.2 Å².